The van der Waals surface area contributed by atoms with Crippen LogP contribution >= 0.6 is 0 Å². The van der Waals surface area contributed by atoms with Gasteiger partial charge in [-0.1, -0.05) is 24.3 Å². The van der Waals surface area contributed by atoms with Gasteiger partial charge in [0, 0.05) is 0 Å². The van der Waals surface area contributed by atoms with Gasteiger partial charge in [-0.15, -0.1) is 0 Å². The molecular formula is C16H15NO. The number of hydrogen-bond acceptors (Lipinski definition) is 2. The number of furan rings is 1. The molecule has 0 fully saturated rings. The first-order valence-electron chi connectivity index (χ1n) is 6.30. The largest absolute Gasteiger partial charge is 0.472 e. The molecule has 18 heavy (non-hydrogen) atoms. The third kappa shape index (κ3) is 1.93. The molecule has 0 saturated heterocycles. The van der Waals surface area contributed by atoms with E-state index in [0.717, 1.165) is 31.2 Å². The van der Waals surface area contributed by atoms with Crippen molar-refractivity contribution in [3.63, 3.8) is 0 Å². The summed E-state index contributed by atoms with van der Waals surface area (Å²) in [5.41, 5.74) is 3.58. The van der Waals surface area contributed by atoms with Crippen molar-refractivity contribution >= 4 is 0 Å². The minimum atomic E-state index is -0.266. The fraction of sp³-hybridized carbons (Fsp3) is 0.312. The van der Waals surface area contributed by atoms with Crippen LogP contribution in [0.5, 0.6) is 0 Å². The summed E-state index contributed by atoms with van der Waals surface area (Å²) in [7, 11) is 0. The summed E-state index contributed by atoms with van der Waals surface area (Å²) in [6, 6.07) is 13.0. The maximum atomic E-state index is 9.59. The lowest BCUT2D eigenvalue weighted by Crippen LogP contribution is -2.29. The summed E-state index contributed by atoms with van der Waals surface area (Å²) >= 11 is 0. The van der Waals surface area contributed by atoms with Crippen LogP contribution in [0.3, 0.4) is 0 Å². The van der Waals surface area contributed by atoms with Gasteiger partial charge in [-0.25, -0.2) is 0 Å². The smallest absolute Gasteiger partial charge is 0.0935 e. The van der Waals surface area contributed by atoms with Crippen molar-refractivity contribution in [1.29, 1.82) is 5.26 Å². The van der Waals surface area contributed by atoms with E-state index in [1.807, 2.05) is 6.07 Å². The Morgan fingerprint density at radius 2 is 2.06 bits per heavy atom. The quantitative estimate of drug-likeness (QED) is 0.801. The molecule has 2 heteroatoms. The summed E-state index contributed by atoms with van der Waals surface area (Å²) in [5.74, 6) is 0. The maximum Gasteiger partial charge on any atom is 0.0935 e. The number of nitrogens with zero attached hydrogens (tertiary/aromatic N) is 1. The third-order valence-electron chi connectivity index (χ3n) is 3.88. The highest BCUT2D eigenvalue weighted by molar-refractivity contribution is 5.33. The molecule has 1 aliphatic rings. The van der Waals surface area contributed by atoms with Crippen LogP contribution in [0.25, 0.3) is 0 Å². The zero-order valence-electron chi connectivity index (χ0n) is 10.2. The molecular weight excluding hydrogens is 222 g/mol. The van der Waals surface area contributed by atoms with Crippen LogP contribution in [-0.4, -0.2) is 0 Å². The Morgan fingerprint density at radius 3 is 2.78 bits per heavy atom. The van der Waals surface area contributed by atoms with Crippen molar-refractivity contribution in [1.82, 2.24) is 0 Å². The lowest BCUT2D eigenvalue weighted by molar-refractivity contribution is 0.338. The zero-order chi connectivity index (χ0) is 12.4. The molecule has 0 aliphatic heterocycles. The normalized spacial score (nSPS) is 22.2. The van der Waals surface area contributed by atoms with Crippen LogP contribution in [0.4, 0.5) is 0 Å². The summed E-state index contributed by atoms with van der Waals surface area (Å²) in [5, 5.41) is 9.59. The highest BCUT2D eigenvalue weighted by Crippen LogP contribution is 2.37. The molecule has 0 spiro atoms. The predicted molar refractivity (Wildman–Crippen MR) is 68.9 cm³/mol. The Morgan fingerprint density at radius 1 is 1.22 bits per heavy atom. The van der Waals surface area contributed by atoms with E-state index in [-0.39, 0.29) is 5.41 Å². The van der Waals surface area contributed by atoms with E-state index in [9.17, 15) is 5.26 Å². The van der Waals surface area contributed by atoms with Crippen molar-refractivity contribution in [2.24, 2.45) is 5.41 Å². The molecule has 1 aliphatic carbocycles. The van der Waals surface area contributed by atoms with Gasteiger partial charge in [0.15, 0.2) is 0 Å². The molecule has 0 saturated carbocycles. The molecule has 0 bridgehead atoms. The first-order valence-corrected chi connectivity index (χ1v) is 6.30. The number of rotatable bonds is 2. The second kappa shape index (κ2) is 4.34. The highest BCUT2D eigenvalue weighted by atomic mass is 16.3. The molecule has 0 radical (unpaired) electrons. The minimum absolute atomic E-state index is 0.266. The molecule has 90 valence electrons. The topological polar surface area (TPSA) is 36.9 Å². The number of nitriles is 1. The monoisotopic (exact) mass is 237 g/mol. The van der Waals surface area contributed by atoms with Gasteiger partial charge in [-0.2, -0.15) is 5.26 Å². The van der Waals surface area contributed by atoms with E-state index in [1.54, 1.807) is 12.5 Å². The maximum absolute atomic E-state index is 9.59. The van der Waals surface area contributed by atoms with Crippen molar-refractivity contribution in [3.05, 3.63) is 59.5 Å². The van der Waals surface area contributed by atoms with Gasteiger partial charge >= 0.3 is 0 Å². The van der Waals surface area contributed by atoms with Crippen molar-refractivity contribution in [3.8, 4) is 6.07 Å². The second-order valence-corrected chi connectivity index (χ2v) is 5.15. The van der Waals surface area contributed by atoms with E-state index in [0.29, 0.717) is 0 Å². The Balaban J connectivity index is 1.89. The van der Waals surface area contributed by atoms with Gasteiger partial charge in [0.25, 0.3) is 0 Å². The van der Waals surface area contributed by atoms with Crippen LogP contribution < -0.4 is 0 Å². The molecule has 1 heterocycles. The lowest BCUT2D eigenvalue weighted by atomic mass is 9.69. The van der Waals surface area contributed by atoms with Crippen LogP contribution in [-0.2, 0) is 19.3 Å². The Bertz CT molecular complexity index is 579. The first kappa shape index (κ1) is 11.1. The van der Waals surface area contributed by atoms with Crippen LogP contribution in [0.2, 0.25) is 0 Å². The van der Waals surface area contributed by atoms with E-state index in [4.69, 9.17) is 4.42 Å². The fourth-order valence-corrected chi connectivity index (χ4v) is 2.87. The van der Waals surface area contributed by atoms with Crippen LogP contribution in [0.1, 0.15) is 23.1 Å². The average Bonchev–Trinajstić information content (AvgIpc) is 2.91. The summed E-state index contributed by atoms with van der Waals surface area (Å²) in [6.45, 7) is 0. The number of hydrogen-bond donors (Lipinski definition) is 0. The van der Waals surface area contributed by atoms with Crippen molar-refractivity contribution in [2.75, 3.05) is 0 Å². The van der Waals surface area contributed by atoms with Crippen LogP contribution in [0, 0.1) is 16.7 Å². The summed E-state index contributed by atoms with van der Waals surface area (Å²) < 4.78 is 5.11. The Kier molecular flexibility index (Phi) is 2.68. The fourth-order valence-electron chi connectivity index (χ4n) is 2.87. The lowest BCUT2D eigenvalue weighted by Gasteiger charge is -2.32. The Labute approximate surface area is 107 Å². The Hall–Kier alpha value is -2.01. The standard InChI is InChI=1S/C16H15NO/c17-12-16(9-13-6-8-18-11-13)7-5-14-3-1-2-4-15(14)10-16/h1-4,6,8,11H,5,7,9-10H2. The minimum Gasteiger partial charge on any atom is -0.472 e. The number of fused-ring (bicyclic) bond motifs is 1. The molecule has 1 aromatic heterocycles. The molecule has 2 nitrogen and oxygen atoms in total. The van der Waals surface area contributed by atoms with E-state index in [2.05, 4.69) is 30.3 Å². The predicted octanol–water partition coefficient (Wildman–Crippen LogP) is 3.52. The average molecular weight is 237 g/mol. The molecule has 1 unspecified atom stereocenters. The molecule has 2 aromatic rings. The molecule has 0 N–H and O–H groups in total. The van der Waals surface area contributed by atoms with Crippen molar-refractivity contribution < 1.29 is 4.42 Å². The second-order valence-electron chi connectivity index (χ2n) is 5.15. The van der Waals surface area contributed by atoms with Gasteiger partial charge in [0.2, 0.25) is 0 Å². The van der Waals surface area contributed by atoms with E-state index >= 15 is 0 Å². The molecule has 0 amide bonds. The van der Waals surface area contributed by atoms with Gasteiger partial charge in [0.05, 0.1) is 24.0 Å². The van der Waals surface area contributed by atoms with Gasteiger partial charge in [-0.05, 0) is 48.4 Å². The molecule has 3 rings (SSSR count). The number of aryl methyl sites for hydroxylation is 1. The van der Waals surface area contributed by atoms with E-state index in [1.165, 1.54) is 11.1 Å². The van der Waals surface area contributed by atoms with Gasteiger partial charge < -0.3 is 4.42 Å². The number of benzene rings is 1. The summed E-state index contributed by atoms with van der Waals surface area (Å²) in [4.78, 5) is 0. The zero-order valence-corrected chi connectivity index (χ0v) is 10.2. The SMILES string of the molecule is N#CC1(Cc2ccoc2)CCc2ccccc2C1. The van der Waals surface area contributed by atoms with Gasteiger partial charge in [-0.3, -0.25) is 0 Å². The first-order chi connectivity index (χ1) is 8.81. The molecule has 1 aromatic carbocycles. The van der Waals surface area contributed by atoms with Gasteiger partial charge in [0.1, 0.15) is 0 Å². The third-order valence-corrected chi connectivity index (χ3v) is 3.88. The highest BCUT2D eigenvalue weighted by Gasteiger charge is 2.34. The van der Waals surface area contributed by atoms with E-state index < -0.39 is 0 Å². The van der Waals surface area contributed by atoms with Crippen molar-refractivity contribution in [2.45, 2.75) is 25.7 Å². The molecule has 1 atom stereocenters. The summed E-state index contributed by atoms with van der Waals surface area (Å²) in [6.07, 6.45) is 7.00. The van der Waals surface area contributed by atoms with Crippen LogP contribution in [0.15, 0.2) is 47.3 Å².